The lowest BCUT2D eigenvalue weighted by atomic mass is 10.4. The number of hydrogen-bond donors (Lipinski definition) is 1. The summed E-state index contributed by atoms with van der Waals surface area (Å²) in [5.74, 6) is 0. The SMILES string of the molecule is N=[S@@](=O)(c1ccc(Br)cc1)C(F)(F)F. The normalized spacial score (nSPS) is 16.3. The number of nitrogens with one attached hydrogen (secondary N) is 1. The van der Waals surface area contributed by atoms with Crippen molar-refractivity contribution in [2.75, 3.05) is 0 Å². The zero-order valence-electron chi connectivity index (χ0n) is 6.64. The van der Waals surface area contributed by atoms with E-state index < -0.39 is 20.1 Å². The first kappa shape index (κ1) is 11.5. The Bertz CT molecular complexity index is 423. The van der Waals surface area contributed by atoms with Crippen LogP contribution >= 0.6 is 15.9 Å². The fourth-order valence-corrected chi connectivity index (χ4v) is 1.81. The molecular formula is C7H5BrF3NOS. The van der Waals surface area contributed by atoms with Crippen LogP contribution in [0.5, 0.6) is 0 Å². The first-order chi connectivity index (χ1) is 6.25. The number of benzene rings is 1. The van der Waals surface area contributed by atoms with E-state index >= 15 is 0 Å². The van der Waals surface area contributed by atoms with Gasteiger partial charge in [0.15, 0.2) is 9.73 Å². The van der Waals surface area contributed by atoms with Crippen molar-refractivity contribution in [3.63, 3.8) is 0 Å². The standard InChI is InChI=1S/C7H5BrF3NOS/c8-5-1-3-6(4-2-5)14(12,13)7(9,10)11/h1-4,12H/t14-/m1/s1. The van der Waals surface area contributed by atoms with E-state index in [0.717, 1.165) is 12.1 Å². The fraction of sp³-hybridized carbons (Fsp3) is 0.143. The average molecular weight is 288 g/mol. The molecule has 0 unspecified atom stereocenters. The minimum absolute atomic E-state index is 0.534. The Morgan fingerprint density at radius 1 is 1.21 bits per heavy atom. The predicted octanol–water partition coefficient (Wildman–Crippen LogP) is 3.37. The summed E-state index contributed by atoms with van der Waals surface area (Å²) in [6.07, 6.45) is 0. The van der Waals surface area contributed by atoms with E-state index in [2.05, 4.69) is 15.9 Å². The first-order valence-electron chi connectivity index (χ1n) is 3.36. The summed E-state index contributed by atoms with van der Waals surface area (Å²) in [4.78, 5) is -0.534. The zero-order valence-corrected chi connectivity index (χ0v) is 9.04. The molecule has 0 aliphatic carbocycles. The van der Waals surface area contributed by atoms with Gasteiger partial charge in [0, 0.05) is 4.47 Å². The minimum atomic E-state index is -5.03. The van der Waals surface area contributed by atoms with Crippen molar-refractivity contribution in [2.24, 2.45) is 0 Å². The van der Waals surface area contributed by atoms with E-state index in [4.69, 9.17) is 4.78 Å². The van der Waals surface area contributed by atoms with Crippen LogP contribution in [0.1, 0.15) is 0 Å². The van der Waals surface area contributed by atoms with E-state index in [1.165, 1.54) is 12.1 Å². The van der Waals surface area contributed by atoms with E-state index in [9.17, 15) is 17.4 Å². The molecule has 0 saturated heterocycles. The summed E-state index contributed by atoms with van der Waals surface area (Å²) in [6, 6.07) is 4.67. The fourth-order valence-electron chi connectivity index (χ4n) is 0.760. The van der Waals surface area contributed by atoms with Gasteiger partial charge in [0.25, 0.3) is 0 Å². The van der Waals surface area contributed by atoms with E-state index in [-0.39, 0.29) is 0 Å². The molecule has 0 fully saturated rings. The van der Waals surface area contributed by atoms with Crippen molar-refractivity contribution in [3.8, 4) is 0 Å². The average Bonchev–Trinajstić information content (AvgIpc) is 2.03. The van der Waals surface area contributed by atoms with Crippen LogP contribution in [-0.4, -0.2) is 9.72 Å². The number of rotatable bonds is 1. The van der Waals surface area contributed by atoms with Gasteiger partial charge in [0.1, 0.15) is 0 Å². The van der Waals surface area contributed by atoms with Gasteiger partial charge in [-0.1, -0.05) is 15.9 Å². The molecule has 0 aliphatic rings. The molecule has 0 heterocycles. The molecule has 0 amide bonds. The summed E-state index contributed by atoms with van der Waals surface area (Å²) in [5.41, 5.74) is -5.03. The van der Waals surface area contributed by atoms with Crippen LogP contribution in [0.15, 0.2) is 33.6 Å². The molecule has 7 heteroatoms. The van der Waals surface area contributed by atoms with Gasteiger partial charge in [-0.3, -0.25) is 0 Å². The van der Waals surface area contributed by atoms with E-state index in [0.29, 0.717) is 4.47 Å². The Labute approximate surface area is 87.2 Å². The predicted molar refractivity (Wildman–Crippen MR) is 49.3 cm³/mol. The maximum Gasteiger partial charge on any atom is 0.483 e. The lowest BCUT2D eigenvalue weighted by Gasteiger charge is -2.10. The molecule has 0 aromatic heterocycles. The summed E-state index contributed by atoms with van der Waals surface area (Å²) < 4.78 is 54.8. The van der Waals surface area contributed by atoms with Gasteiger partial charge in [-0.05, 0) is 24.3 Å². The summed E-state index contributed by atoms with van der Waals surface area (Å²) >= 11 is 3.03. The van der Waals surface area contributed by atoms with Gasteiger partial charge in [-0.2, -0.15) is 13.2 Å². The van der Waals surface area contributed by atoms with Crippen molar-refractivity contribution in [1.29, 1.82) is 4.78 Å². The minimum Gasteiger partial charge on any atom is -0.241 e. The van der Waals surface area contributed by atoms with Gasteiger partial charge in [-0.25, -0.2) is 8.99 Å². The Hall–Kier alpha value is -0.560. The Kier molecular flexibility index (Phi) is 2.91. The van der Waals surface area contributed by atoms with Gasteiger partial charge in [0.05, 0.1) is 4.90 Å². The van der Waals surface area contributed by atoms with Crippen molar-refractivity contribution in [1.82, 2.24) is 0 Å². The highest BCUT2D eigenvalue weighted by Gasteiger charge is 2.42. The highest BCUT2D eigenvalue weighted by Crippen LogP contribution is 2.31. The Morgan fingerprint density at radius 2 is 1.64 bits per heavy atom. The molecule has 0 spiro atoms. The molecule has 0 aliphatic heterocycles. The second kappa shape index (κ2) is 3.54. The summed E-state index contributed by atoms with van der Waals surface area (Å²) in [7, 11) is -4.71. The second-order valence-corrected chi connectivity index (χ2v) is 5.42. The second-order valence-electron chi connectivity index (χ2n) is 2.46. The molecule has 1 N–H and O–H groups in total. The topological polar surface area (TPSA) is 40.9 Å². The Balaban J connectivity index is 3.25. The molecule has 1 rings (SSSR count). The molecule has 0 radical (unpaired) electrons. The smallest absolute Gasteiger partial charge is 0.241 e. The zero-order chi connectivity index (χ0) is 11.0. The van der Waals surface area contributed by atoms with Crippen LogP contribution in [0.4, 0.5) is 13.2 Å². The lowest BCUT2D eigenvalue weighted by Crippen LogP contribution is -2.21. The van der Waals surface area contributed by atoms with Crippen LogP contribution in [0.25, 0.3) is 0 Å². The highest BCUT2D eigenvalue weighted by molar-refractivity contribution is 9.10. The van der Waals surface area contributed by atoms with Crippen molar-refractivity contribution < 1.29 is 17.4 Å². The molecule has 1 aromatic carbocycles. The van der Waals surface area contributed by atoms with Crippen LogP contribution in [0, 0.1) is 4.78 Å². The van der Waals surface area contributed by atoms with Gasteiger partial charge < -0.3 is 0 Å². The third-order valence-electron chi connectivity index (χ3n) is 1.47. The quantitative estimate of drug-likeness (QED) is 0.845. The van der Waals surface area contributed by atoms with Crippen molar-refractivity contribution in [2.45, 2.75) is 10.4 Å². The molecule has 2 nitrogen and oxygen atoms in total. The lowest BCUT2D eigenvalue weighted by molar-refractivity contribution is -0.0406. The number of alkyl halides is 3. The molecule has 1 atom stereocenters. The van der Waals surface area contributed by atoms with Crippen LogP contribution in [-0.2, 0) is 9.73 Å². The van der Waals surface area contributed by atoms with Gasteiger partial charge in [-0.15, -0.1) is 0 Å². The molecule has 0 bridgehead atoms. The third-order valence-corrected chi connectivity index (χ3v) is 3.59. The number of hydrogen-bond acceptors (Lipinski definition) is 2. The monoisotopic (exact) mass is 287 g/mol. The molecule has 78 valence electrons. The molecule has 14 heavy (non-hydrogen) atoms. The van der Waals surface area contributed by atoms with Crippen molar-refractivity contribution >= 4 is 25.7 Å². The molecule has 0 saturated carbocycles. The van der Waals surface area contributed by atoms with Gasteiger partial charge in [0.2, 0.25) is 0 Å². The first-order valence-corrected chi connectivity index (χ1v) is 5.71. The maximum atomic E-state index is 12.1. The third kappa shape index (κ3) is 2.09. The molecular weight excluding hydrogens is 283 g/mol. The Morgan fingerprint density at radius 3 is 2.00 bits per heavy atom. The van der Waals surface area contributed by atoms with E-state index in [1.807, 2.05) is 0 Å². The molecule has 1 aromatic rings. The maximum absolute atomic E-state index is 12.1. The van der Waals surface area contributed by atoms with Gasteiger partial charge >= 0.3 is 5.51 Å². The van der Waals surface area contributed by atoms with Crippen LogP contribution in [0.3, 0.4) is 0 Å². The van der Waals surface area contributed by atoms with Crippen molar-refractivity contribution in [3.05, 3.63) is 28.7 Å². The summed E-state index contributed by atoms with van der Waals surface area (Å²) in [6.45, 7) is 0. The van der Waals surface area contributed by atoms with Crippen LogP contribution in [0.2, 0.25) is 0 Å². The summed E-state index contributed by atoms with van der Waals surface area (Å²) in [5, 5.41) is 0. The number of halogens is 4. The largest absolute Gasteiger partial charge is 0.483 e. The van der Waals surface area contributed by atoms with Crippen LogP contribution < -0.4 is 0 Å². The van der Waals surface area contributed by atoms with E-state index in [1.54, 1.807) is 0 Å². The highest BCUT2D eigenvalue weighted by atomic mass is 79.9.